The summed E-state index contributed by atoms with van der Waals surface area (Å²) in [6.45, 7) is 1.54. The van der Waals surface area contributed by atoms with E-state index in [1.54, 1.807) is 18.2 Å². The van der Waals surface area contributed by atoms with Gasteiger partial charge in [0, 0.05) is 19.2 Å². The van der Waals surface area contributed by atoms with Gasteiger partial charge in [0.25, 0.3) is 0 Å². The normalized spacial score (nSPS) is 14.2. The van der Waals surface area contributed by atoms with Crippen LogP contribution in [0, 0.1) is 11.7 Å². The third kappa shape index (κ3) is 3.82. The second kappa shape index (κ2) is 5.85. The maximum atomic E-state index is 13.0. The number of nitrogen functional groups attached to an aromatic ring is 1. The first-order valence-electron chi connectivity index (χ1n) is 6.89. The summed E-state index contributed by atoms with van der Waals surface area (Å²) in [5.74, 6) is 1.32. The molecule has 0 unspecified atom stereocenters. The van der Waals surface area contributed by atoms with Crippen molar-refractivity contribution in [1.29, 1.82) is 0 Å². The minimum Gasteiger partial charge on any atom is -0.368 e. The average molecular weight is 307 g/mol. The van der Waals surface area contributed by atoms with E-state index in [1.807, 2.05) is 0 Å². The molecule has 3 rings (SSSR count). The summed E-state index contributed by atoms with van der Waals surface area (Å²) in [7, 11) is 0. The number of aromatic nitrogens is 2. The fourth-order valence-electron chi connectivity index (χ4n) is 2.25. The van der Waals surface area contributed by atoms with E-state index in [2.05, 4.69) is 14.9 Å². The zero-order chi connectivity index (χ0) is 14.8. The van der Waals surface area contributed by atoms with Gasteiger partial charge in [-0.05, 0) is 36.5 Å². The summed E-state index contributed by atoms with van der Waals surface area (Å²) in [5, 5.41) is 0.331. The van der Waals surface area contributed by atoms with Crippen LogP contribution in [-0.4, -0.2) is 16.5 Å². The van der Waals surface area contributed by atoms with Crippen LogP contribution in [0.3, 0.4) is 0 Å². The van der Waals surface area contributed by atoms with Crippen molar-refractivity contribution in [2.24, 2.45) is 5.92 Å². The molecule has 1 heterocycles. The van der Waals surface area contributed by atoms with Crippen LogP contribution in [0.4, 0.5) is 16.2 Å². The zero-order valence-corrected chi connectivity index (χ0v) is 12.2. The summed E-state index contributed by atoms with van der Waals surface area (Å²) < 4.78 is 13.0. The van der Waals surface area contributed by atoms with Gasteiger partial charge in [0.2, 0.25) is 5.95 Å². The molecule has 0 radical (unpaired) electrons. The molecule has 0 spiro atoms. The van der Waals surface area contributed by atoms with Gasteiger partial charge in [0.1, 0.15) is 16.8 Å². The van der Waals surface area contributed by atoms with E-state index in [4.69, 9.17) is 17.3 Å². The summed E-state index contributed by atoms with van der Waals surface area (Å²) in [5.41, 5.74) is 6.69. The number of benzene rings is 1. The number of nitrogens with two attached hydrogens (primary N) is 1. The fourth-order valence-corrected chi connectivity index (χ4v) is 2.43. The van der Waals surface area contributed by atoms with Crippen LogP contribution in [0.25, 0.3) is 0 Å². The van der Waals surface area contributed by atoms with Crippen LogP contribution in [0.2, 0.25) is 5.15 Å². The number of nitrogens with zero attached hydrogens (tertiary/aromatic N) is 3. The summed E-state index contributed by atoms with van der Waals surface area (Å²) in [6.07, 6.45) is 2.46. The molecule has 1 aromatic heterocycles. The lowest BCUT2D eigenvalue weighted by Crippen LogP contribution is -2.26. The molecule has 1 fully saturated rings. The maximum Gasteiger partial charge on any atom is 0.223 e. The molecule has 2 aromatic rings. The van der Waals surface area contributed by atoms with Gasteiger partial charge in [0.15, 0.2) is 0 Å². The maximum absolute atomic E-state index is 13.0. The highest BCUT2D eigenvalue weighted by Crippen LogP contribution is 2.32. The first-order chi connectivity index (χ1) is 10.1. The lowest BCUT2D eigenvalue weighted by molar-refractivity contribution is 0.626. The van der Waals surface area contributed by atoms with Crippen molar-refractivity contribution in [2.75, 3.05) is 17.2 Å². The van der Waals surface area contributed by atoms with Crippen LogP contribution < -0.4 is 10.6 Å². The number of halogens is 2. The van der Waals surface area contributed by atoms with E-state index in [0.29, 0.717) is 23.4 Å². The summed E-state index contributed by atoms with van der Waals surface area (Å²) in [6, 6.07) is 8.20. The molecular formula is C15H16ClFN4. The van der Waals surface area contributed by atoms with Gasteiger partial charge in [-0.1, -0.05) is 23.7 Å². The molecule has 0 saturated heterocycles. The van der Waals surface area contributed by atoms with Crippen LogP contribution in [0.5, 0.6) is 0 Å². The van der Waals surface area contributed by atoms with E-state index in [-0.39, 0.29) is 11.8 Å². The Morgan fingerprint density at radius 2 is 1.95 bits per heavy atom. The second-order valence-corrected chi connectivity index (χ2v) is 5.74. The third-order valence-corrected chi connectivity index (χ3v) is 3.68. The molecule has 1 aromatic carbocycles. The van der Waals surface area contributed by atoms with Gasteiger partial charge in [-0.15, -0.1) is 0 Å². The summed E-state index contributed by atoms with van der Waals surface area (Å²) >= 11 is 5.96. The number of rotatable bonds is 5. The number of hydrogen-bond donors (Lipinski definition) is 1. The Morgan fingerprint density at radius 3 is 2.57 bits per heavy atom. The van der Waals surface area contributed by atoms with E-state index in [0.717, 1.165) is 12.1 Å². The predicted molar refractivity (Wildman–Crippen MR) is 81.6 cm³/mol. The molecule has 21 heavy (non-hydrogen) atoms. The molecule has 6 heteroatoms. The predicted octanol–water partition coefficient (Wildman–Crippen LogP) is 3.27. The van der Waals surface area contributed by atoms with E-state index in [9.17, 15) is 4.39 Å². The van der Waals surface area contributed by atoms with Crippen molar-refractivity contribution >= 4 is 23.4 Å². The number of hydrogen-bond acceptors (Lipinski definition) is 4. The first kappa shape index (κ1) is 14.1. The fraction of sp³-hybridized carbons (Fsp3) is 0.333. The van der Waals surface area contributed by atoms with Gasteiger partial charge >= 0.3 is 0 Å². The highest BCUT2D eigenvalue weighted by molar-refractivity contribution is 6.29. The molecule has 0 aliphatic heterocycles. The standard InChI is InChI=1S/C15H16ClFN4/c16-13-7-14(20-15(18)19-13)21(8-10-1-2-10)9-11-3-5-12(17)6-4-11/h3-7,10H,1-2,8-9H2,(H2,18,19,20). The lowest BCUT2D eigenvalue weighted by atomic mass is 10.2. The molecule has 0 bridgehead atoms. The van der Waals surface area contributed by atoms with Crippen molar-refractivity contribution < 1.29 is 4.39 Å². The summed E-state index contributed by atoms with van der Waals surface area (Å²) in [4.78, 5) is 10.3. The van der Waals surface area contributed by atoms with E-state index < -0.39 is 0 Å². The van der Waals surface area contributed by atoms with Crippen LogP contribution in [-0.2, 0) is 6.54 Å². The van der Waals surface area contributed by atoms with Crippen molar-refractivity contribution in [2.45, 2.75) is 19.4 Å². The Hall–Kier alpha value is -1.88. The molecule has 4 nitrogen and oxygen atoms in total. The van der Waals surface area contributed by atoms with Crippen molar-refractivity contribution in [1.82, 2.24) is 9.97 Å². The highest BCUT2D eigenvalue weighted by atomic mass is 35.5. The Kier molecular flexibility index (Phi) is 3.92. The molecule has 1 aliphatic rings. The largest absolute Gasteiger partial charge is 0.368 e. The lowest BCUT2D eigenvalue weighted by Gasteiger charge is -2.24. The number of anilines is 2. The smallest absolute Gasteiger partial charge is 0.223 e. The molecule has 0 atom stereocenters. The molecule has 110 valence electrons. The molecule has 0 amide bonds. The van der Waals surface area contributed by atoms with Gasteiger partial charge in [-0.25, -0.2) is 9.37 Å². The Morgan fingerprint density at radius 1 is 1.24 bits per heavy atom. The van der Waals surface area contributed by atoms with Crippen LogP contribution in [0.15, 0.2) is 30.3 Å². The first-order valence-corrected chi connectivity index (χ1v) is 7.27. The highest BCUT2D eigenvalue weighted by Gasteiger charge is 2.25. The van der Waals surface area contributed by atoms with E-state index in [1.165, 1.54) is 25.0 Å². The second-order valence-electron chi connectivity index (χ2n) is 5.36. The van der Waals surface area contributed by atoms with Crippen molar-refractivity contribution in [3.8, 4) is 0 Å². The molecule has 2 N–H and O–H groups in total. The third-order valence-electron chi connectivity index (χ3n) is 3.48. The van der Waals surface area contributed by atoms with Crippen LogP contribution >= 0.6 is 11.6 Å². The molecule has 1 saturated carbocycles. The topological polar surface area (TPSA) is 55.0 Å². The van der Waals surface area contributed by atoms with Crippen molar-refractivity contribution in [3.05, 3.63) is 46.9 Å². The Labute approximate surface area is 127 Å². The van der Waals surface area contributed by atoms with Crippen LogP contribution in [0.1, 0.15) is 18.4 Å². The van der Waals surface area contributed by atoms with Gasteiger partial charge in [-0.3, -0.25) is 0 Å². The Balaban J connectivity index is 1.84. The minimum atomic E-state index is -0.234. The minimum absolute atomic E-state index is 0.164. The van der Waals surface area contributed by atoms with E-state index >= 15 is 0 Å². The zero-order valence-electron chi connectivity index (χ0n) is 11.5. The molecule has 1 aliphatic carbocycles. The van der Waals surface area contributed by atoms with Gasteiger partial charge in [-0.2, -0.15) is 4.98 Å². The average Bonchev–Trinajstić information content (AvgIpc) is 3.23. The van der Waals surface area contributed by atoms with Gasteiger partial charge < -0.3 is 10.6 Å². The van der Waals surface area contributed by atoms with Gasteiger partial charge in [0.05, 0.1) is 0 Å². The van der Waals surface area contributed by atoms with Crippen molar-refractivity contribution in [3.63, 3.8) is 0 Å². The quantitative estimate of drug-likeness (QED) is 0.861. The SMILES string of the molecule is Nc1nc(Cl)cc(N(Cc2ccc(F)cc2)CC2CC2)n1. The monoisotopic (exact) mass is 306 g/mol. The molecular weight excluding hydrogens is 291 g/mol. The Bertz CT molecular complexity index is 608.